The van der Waals surface area contributed by atoms with Gasteiger partial charge in [-0.05, 0) is 67.8 Å². The molecular formula is C22H25F2N3O4S. The fraction of sp³-hybridized carbons (Fsp3) is 0.364. The van der Waals surface area contributed by atoms with Crippen LogP contribution in [-0.4, -0.2) is 50.8 Å². The van der Waals surface area contributed by atoms with E-state index in [0.717, 1.165) is 12.1 Å². The molecule has 1 heterocycles. The second-order valence-electron chi connectivity index (χ2n) is 7.60. The monoisotopic (exact) mass is 465 g/mol. The molecule has 0 unspecified atom stereocenters. The van der Waals surface area contributed by atoms with Gasteiger partial charge in [0.15, 0.2) is 0 Å². The van der Waals surface area contributed by atoms with Crippen molar-refractivity contribution in [1.82, 2.24) is 14.9 Å². The molecule has 7 nitrogen and oxygen atoms in total. The molecule has 10 heteroatoms. The predicted octanol–water partition coefficient (Wildman–Crippen LogP) is 2.44. The topological polar surface area (TPSA) is 95.6 Å². The zero-order chi connectivity index (χ0) is 23.1. The zero-order valence-electron chi connectivity index (χ0n) is 17.4. The standard InChI is InChI=1S/C22H25F2N3O4S/c23-17-5-3-16(4-6-17)22(29)25-13-1-2-21(28)27-14-11-19(12-15-27)26-32(30,31)20-9-7-18(24)8-10-20/h3-10,19,26H,1-2,11-15H2,(H,25,29). The van der Waals surface area contributed by atoms with Crippen LogP contribution >= 0.6 is 0 Å². The number of likely N-dealkylation sites (tertiary alicyclic amines) is 1. The lowest BCUT2D eigenvalue weighted by molar-refractivity contribution is -0.132. The lowest BCUT2D eigenvalue weighted by Gasteiger charge is -2.32. The molecule has 0 atom stereocenters. The van der Waals surface area contributed by atoms with Gasteiger partial charge in [0.25, 0.3) is 5.91 Å². The molecule has 0 radical (unpaired) electrons. The van der Waals surface area contributed by atoms with Gasteiger partial charge in [-0.2, -0.15) is 0 Å². The first-order valence-electron chi connectivity index (χ1n) is 10.3. The maximum Gasteiger partial charge on any atom is 0.251 e. The minimum atomic E-state index is -3.75. The van der Waals surface area contributed by atoms with Gasteiger partial charge in [-0.15, -0.1) is 0 Å². The van der Waals surface area contributed by atoms with Crippen molar-refractivity contribution in [2.75, 3.05) is 19.6 Å². The molecule has 1 fully saturated rings. The molecule has 0 saturated carbocycles. The second kappa shape index (κ2) is 10.6. The van der Waals surface area contributed by atoms with Crippen LogP contribution in [-0.2, 0) is 14.8 Å². The first-order chi connectivity index (χ1) is 15.2. The summed E-state index contributed by atoms with van der Waals surface area (Å²) in [6.07, 6.45) is 1.68. The molecule has 1 aliphatic heterocycles. The van der Waals surface area contributed by atoms with E-state index in [4.69, 9.17) is 0 Å². The summed E-state index contributed by atoms with van der Waals surface area (Å²) >= 11 is 0. The highest BCUT2D eigenvalue weighted by Crippen LogP contribution is 2.16. The molecule has 1 saturated heterocycles. The third kappa shape index (κ3) is 6.57. The summed E-state index contributed by atoms with van der Waals surface area (Å²) < 4.78 is 53.3. The van der Waals surface area contributed by atoms with Crippen molar-refractivity contribution in [3.05, 3.63) is 65.7 Å². The minimum Gasteiger partial charge on any atom is -0.352 e. The fourth-order valence-corrected chi connectivity index (χ4v) is 4.76. The number of rotatable bonds is 8. The third-order valence-corrected chi connectivity index (χ3v) is 6.79. The maximum atomic E-state index is 13.0. The van der Waals surface area contributed by atoms with Gasteiger partial charge < -0.3 is 10.2 Å². The molecule has 2 N–H and O–H groups in total. The van der Waals surface area contributed by atoms with Crippen molar-refractivity contribution in [2.45, 2.75) is 36.6 Å². The van der Waals surface area contributed by atoms with Gasteiger partial charge in [-0.1, -0.05) is 0 Å². The summed E-state index contributed by atoms with van der Waals surface area (Å²) in [7, 11) is -3.75. The molecule has 2 aromatic rings. The van der Waals surface area contributed by atoms with Crippen LogP contribution in [0.25, 0.3) is 0 Å². The van der Waals surface area contributed by atoms with Crippen LogP contribution in [0.2, 0.25) is 0 Å². The number of benzene rings is 2. The summed E-state index contributed by atoms with van der Waals surface area (Å²) in [5.41, 5.74) is 0.350. The van der Waals surface area contributed by atoms with Crippen LogP contribution in [0.1, 0.15) is 36.0 Å². The van der Waals surface area contributed by atoms with Crippen LogP contribution < -0.4 is 10.0 Å². The zero-order valence-corrected chi connectivity index (χ0v) is 18.2. The van der Waals surface area contributed by atoms with E-state index >= 15 is 0 Å². The number of nitrogens with one attached hydrogen (secondary N) is 2. The molecular weight excluding hydrogens is 440 g/mol. The van der Waals surface area contributed by atoms with Gasteiger partial charge >= 0.3 is 0 Å². The molecule has 0 bridgehead atoms. The van der Waals surface area contributed by atoms with E-state index in [1.54, 1.807) is 4.90 Å². The number of nitrogens with zero attached hydrogens (tertiary/aromatic N) is 1. The lowest BCUT2D eigenvalue weighted by atomic mass is 10.1. The van der Waals surface area contributed by atoms with Gasteiger partial charge in [0.1, 0.15) is 11.6 Å². The number of halogens is 2. The third-order valence-electron chi connectivity index (χ3n) is 5.25. The van der Waals surface area contributed by atoms with Gasteiger partial charge in [0, 0.05) is 37.7 Å². The summed E-state index contributed by atoms with van der Waals surface area (Å²) in [6, 6.07) is 9.52. The summed E-state index contributed by atoms with van der Waals surface area (Å²) in [5, 5.41) is 2.70. The Morgan fingerprint density at radius 3 is 2.09 bits per heavy atom. The average molecular weight is 466 g/mol. The Kier molecular flexibility index (Phi) is 7.92. The van der Waals surface area contributed by atoms with Crippen molar-refractivity contribution in [2.24, 2.45) is 0 Å². The van der Waals surface area contributed by atoms with Gasteiger partial charge in [0.05, 0.1) is 4.90 Å². The number of amides is 2. The summed E-state index contributed by atoms with van der Waals surface area (Å²) in [6.45, 7) is 1.17. The quantitative estimate of drug-likeness (QED) is 0.586. The molecule has 1 aliphatic rings. The van der Waals surface area contributed by atoms with Crippen LogP contribution in [0.15, 0.2) is 53.4 Å². The number of sulfonamides is 1. The van der Waals surface area contributed by atoms with E-state index in [0.29, 0.717) is 44.5 Å². The normalized spacial score (nSPS) is 14.9. The van der Waals surface area contributed by atoms with Crippen molar-refractivity contribution in [3.8, 4) is 0 Å². The molecule has 0 aromatic heterocycles. The SMILES string of the molecule is O=C(NCCCC(=O)N1CCC(NS(=O)(=O)c2ccc(F)cc2)CC1)c1ccc(F)cc1. The Morgan fingerprint density at radius 2 is 1.50 bits per heavy atom. The van der Waals surface area contributed by atoms with E-state index in [1.807, 2.05) is 0 Å². The first-order valence-corrected chi connectivity index (χ1v) is 11.8. The Labute approximate surface area is 185 Å². The molecule has 32 heavy (non-hydrogen) atoms. The smallest absolute Gasteiger partial charge is 0.251 e. The van der Waals surface area contributed by atoms with E-state index in [2.05, 4.69) is 10.0 Å². The highest BCUT2D eigenvalue weighted by Gasteiger charge is 2.26. The Bertz CT molecular complexity index is 1040. The number of hydrogen-bond donors (Lipinski definition) is 2. The lowest BCUT2D eigenvalue weighted by Crippen LogP contribution is -2.46. The maximum absolute atomic E-state index is 13.0. The van der Waals surface area contributed by atoms with Crippen molar-refractivity contribution in [1.29, 1.82) is 0 Å². The number of piperidine rings is 1. The predicted molar refractivity (Wildman–Crippen MR) is 114 cm³/mol. The van der Waals surface area contributed by atoms with Gasteiger partial charge in [-0.25, -0.2) is 21.9 Å². The van der Waals surface area contributed by atoms with Crippen LogP contribution in [0.4, 0.5) is 8.78 Å². The molecule has 3 rings (SSSR count). The highest BCUT2D eigenvalue weighted by atomic mass is 32.2. The van der Waals surface area contributed by atoms with E-state index < -0.39 is 21.7 Å². The van der Waals surface area contributed by atoms with E-state index in [1.165, 1.54) is 36.4 Å². The van der Waals surface area contributed by atoms with Crippen molar-refractivity contribution in [3.63, 3.8) is 0 Å². The van der Waals surface area contributed by atoms with Gasteiger partial charge in [0.2, 0.25) is 15.9 Å². The van der Waals surface area contributed by atoms with E-state index in [9.17, 15) is 26.8 Å². The Morgan fingerprint density at radius 1 is 0.938 bits per heavy atom. The van der Waals surface area contributed by atoms with Gasteiger partial charge in [-0.3, -0.25) is 9.59 Å². The number of hydrogen-bond acceptors (Lipinski definition) is 4. The summed E-state index contributed by atoms with van der Waals surface area (Å²) in [4.78, 5) is 26.0. The Balaban J connectivity index is 1.37. The van der Waals surface area contributed by atoms with Crippen LogP contribution in [0.3, 0.4) is 0 Å². The molecule has 0 aliphatic carbocycles. The van der Waals surface area contributed by atoms with Crippen LogP contribution in [0.5, 0.6) is 0 Å². The molecule has 2 amide bonds. The molecule has 172 valence electrons. The molecule has 2 aromatic carbocycles. The van der Waals surface area contributed by atoms with Crippen molar-refractivity contribution >= 4 is 21.8 Å². The van der Waals surface area contributed by atoms with Crippen LogP contribution in [0, 0.1) is 11.6 Å². The minimum absolute atomic E-state index is 0.0000837. The fourth-order valence-electron chi connectivity index (χ4n) is 3.45. The average Bonchev–Trinajstić information content (AvgIpc) is 2.77. The summed E-state index contributed by atoms with van der Waals surface area (Å²) in [5.74, 6) is -1.31. The molecule has 0 spiro atoms. The largest absolute Gasteiger partial charge is 0.352 e. The Hall–Kier alpha value is -2.85. The highest BCUT2D eigenvalue weighted by molar-refractivity contribution is 7.89. The number of carbonyl (C=O) groups excluding carboxylic acids is 2. The number of carbonyl (C=O) groups is 2. The second-order valence-corrected chi connectivity index (χ2v) is 9.31. The van der Waals surface area contributed by atoms with Crippen molar-refractivity contribution < 1.29 is 26.8 Å². The first kappa shape index (κ1) is 23.8. The van der Waals surface area contributed by atoms with E-state index in [-0.39, 0.29) is 29.2 Å².